The number of fused-ring (bicyclic) bond motifs is 1. The Kier molecular flexibility index (Phi) is 6.08. The van der Waals surface area contributed by atoms with Crippen LogP contribution >= 0.6 is 0 Å². The number of aromatic nitrogens is 4. The Morgan fingerprint density at radius 2 is 1.97 bits per heavy atom. The van der Waals surface area contributed by atoms with Crippen molar-refractivity contribution in [3.63, 3.8) is 0 Å². The summed E-state index contributed by atoms with van der Waals surface area (Å²) in [7, 11) is 0. The van der Waals surface area contributed by atoms with E-state index in [9.17, 15) is 4.79 Å². The minimum atomic E-state index is -0.251. The van der Waals surface area contributed by atoms with Gasteiger partial charge in [-0.2, -0.15) is 5.10 Å². The molecule has 8 heteroatoms. The van der Waals surface area contributed by atoms with Crippen molar-refractivity contribution in [2.75, 3.05) is 25.0 Å². The number of nitrogens with zero attached hydrogens (tertiary/aromatic N) is 5. The summed E-state index contributed by atoms with van der Waals surface area (Å²) in [5, 5.41) is 11.9. The van der Waals surface area contributed by atoms with Gasteiger partial charge in [0.1, 0.15) is 0 Å². The Bertz CT molecular complexity index is 1180. The maximum atomic E-state index is 13.2. The maximum Gasteiger partial charge on any atom is 0.259 e. The fourth-order valence-electron chi connectivity index (χ4n) is 3.56. The maximum absolute atomic E-state index is 13.2. The van der Waals surface area contributed by atoms with E-state index in [0.717, 1.165) is 31.7 Å². The predicted molar refractivity (Wildman–Crippen MR) is 120 cm³/mol. The Hall–Kier alpha value is -3.52. The summed E-state index contributed by atoms with van der Waals surface area (Å²) in [4.78, 5) is 20.1. The van der Waals surface area contributed by atoms with Crippen LogP contribution in [0.25, 0.3) is 22.4 Å². The SMILES string of the molecule is CCN(CC)CCn1cc(NC(=O)c2cc(-c3ccccc3)nc3onc(C)c23)cn1. The van der Waals surface area contributed by atoms with Crippen LogP contribution in [0.2, 0.25) is 0 Å². The third kappa shape index (κ3) is 4.49. The molecule has 0 fully saturated rings. The van der Waals surface area contributed by atoms with Gasteiger partial charge in [-0.1, -0.05) is 49.3 Å². The van der Waals surface area contributed by atoms with E-state index in [0.29, 0.717) is 33.7 Å². The average molecular weight is 419 g/mol. The molecule has 0 spiro atoms. The molecule has 8 nitrogen and oxygen atoms in total. The molecule has 0 aliphatic carbocycles. The summed E-state index contributed by atoms with van der Waals surface area (Å²) in [5.74, 6) is -0.251. The smallest absolute Gasteiger partial charge is 0.259 e. The number of carbonyl (C=O) groups is 1. The molecule has 1 amide bonds. The Balaban J connectivity index is 1.59. The normalized spacial score (nSPS) is 11.4. The number of pyridine rings is 1. The number of anilines is 1. The second kappa shape index (κ2) is 9.09. The molecule has 0 radical (unpaired) electrons. The molecular weight excluding hydrogens is 392 g/mol. The summed E-state index contributed by atoms with van der Waals surface area (Å²) in [6.45, 7) is 9.77. The topological polar surface area (TPSA) is 89.1 Å². The lowest BCUT2D eigenvalue weighted by Crippen LogP contribution is -2.27. The Morgan fingerprint density at radius 3 is 2.71 bits per heavy atom. The summed E-state index contributed by atoms with van der Waals surface area (Å²) >= 11 is 0. The van der Waals surface area contributed by atoms with Crippen LogP contribution in [0.4, 0.5) is 5.69 Å². The second-order valence-corrected chi connectivity index (χ2v) is 7.34. The van der Waals surface area contributed by atoms with Gasteiger partial charge in [0.25, 0.3) is 11.6 Å². The molecule has 160 valence electrons. The lowest BCUT2D eigenvalue weighted by atomic mass is 10.1. The van der Waals surface area contributed by atoms with Gasteiger partial charge in [0, 0.05) is 18.3 Å². The summed E-state index contributed by atoms with van der Waals surface area (Å²) < 4.78 is 7.21. The van der Waals surface area contributed by atoms with E-state index in [1.54, 1.807) is 19.2 Å². The minimum Gasteiger partial charge on any atom is -0.335 e. The fourth-order valence-corrected chi connectivity index (χ4v) is 3.56. The molecule has 0 aliphatic rings. The van der Waals surface area contributed by atoms with Gasteiger partial charge in [-0.15, -0.1) is 0 Å². The van der Waals surface area contributed by atoms with Gasteiger partial charge in [-0.25, -0.2) is 4.98 Å². The minimum absolute atomic E-state index is 0.251. The number of hydrogen-bond acceptors (Lipinski definition) is 6. The average Bonchev–Trinajstić information content (AvgIpc) is 3.41. The highest BCUT2D eigenvalue weighted by Crippen LogP contribution is 2.27. The van der Waals surface area contributed by atoms with Crippen molar-refractivity contribution in [2.24, 2.45) is 0 Å². The molecule has 0 saturated carbocycles. The molecule has 1 aromatic carbocycles. The van der Waals surface area contributed by atoms with Crippen LogP contribution in [0, 0.1) is 6.92 Å². The van der Waals surface area contributed by atoms with Gasteiger partial charge < -0.3 is 14.7 Å². The quantitative estimate of drug-likeness (QED) is 0.465. The molecule has 3 aromatic heterocycles. The van der Waals surface area contributed by atoms with Crippen LogP contribution in [0.1, 0.15) is 29.9 Å². The number of hydrogen-bond donors (Lipinski definition) is 1. The zero-order chi connectivity index (χ0) is 21.8. The fraction of sp³-hybridized carbons (Fsp3) is 0.304. The number of nitrogens with one attached hydrogen (secondary N) is 1. The van der Waals surface area contributed by atoms with E-state index in [1.165, 1.54) is 0 Å². The molecular formula is C23H26N6O2. The molecule has 0 bridgehead atoms. The Morgan fingerprint density at radius 1 is 1.19 bits per heavy atom. The van der Waals surface area contributed by atoms with Crippen molar-refractivity contribution >= 4 is 22.7 Å². The van der Waals surface area contributed by atoms with Crippen molar-refractivity contribution in [3.05, 3.63) is 60.0 Å². The molecule has 3 heterocycles. The first kappa shape index (κ1) is 20.7. The van der Waals surface area contributed by atoms with Gasteiger partial charge in [0.05, 0.1) is 40.8 Å². The molecule has 4 aromatic rings. The number of amides is 1. The highest BCUT2D eigenvalue weighted by atomic mass is 16.5. The van der Waals surface area contributed by atoms with Crippen molar-refractivity contribution in [1.29, 1.82) is 0 Å². The molecule has 0 unspecified atom stereocenters. The van der Waals surface area contributed by atoms with E-state index in [1.807, 2.05) is 41.2 Å². The zero-order valence-corrected chi connectivity index (χ0v) is 18.0. The largest absolute Gasteiger partial charge is 0.335 e. The Labute approximate surface area is 180 Å². The molecule has 0 saturated heterocycles. The number of aryl methyl sites for hydroxylation is 1. The van der Waals surface area contributed by atoms with Crippen LogP contribution in [0.15, 0.2) is 53.3 Å². The third-order valence-corrected chi connectivity index (χ3v) is 5.36. The van der Waals surface area contributed by atoms with Gasteiger partial charge in [-0.3, -0.25) is 9.48 Å². The van der Waals surface area contributed by atoms with Crippen LogP contribution in [-0.2, 0) is 6.54 Å². The third-order valence-electron chi connectivity index (χ3n) is 5.36. The first-order chi connectivity index (χ1) is 15.1. The van der Waals surface area contributed by atoms with Crippen LogP contribution in [0.3, 0.4) is 0 Å². The van der Waals surface area contributed by atoms with Gasteiger partial charge in [-0.05, 0) is 26.1 Å². The second-order valence-electron chi connectivity index (χ2n) is 7.34. The van der Waals surface area contributed by atoms with Crippen LogP contribution in [0.5, 0.6) is 0 Å². The van der Waals surface area contributed by atoms with Gasteiger partial charge in [0.2, 0.25) is 0 Å². The lowest BCUT2D eigenvalue weighted by molar-refractivity contribution is 0.102. The van der Waals surface area contributed by atoms with Crippen molar-refractivity contribution < 1.29 is 9.32 Å². The molecule has 4 rings (SSSR count). The number of carbonyl (C=O) groups excluding carboxylic acids is 1. The monoisotopic (exact) mass is 418 g/mol. The van der Waals surface area contributed by atoms with Crippen molar-refractivity contribution in [3.8, 4) is 11.3 Å². The van der Waals surface area contributed by atoms with E-state index in [4.69, 9.17) is 4.52 Å². The molecule has 1 N–H and O–H groups in total. The number of rotatable bonds is 8. The van der Waals surface area contributed by atoms with Crippen molar-refractivity contribution in [1.82, 2.24) is 24.8 Å². The number of benzene rings is 1. The highest BCUT2D eigenvalue weighted by molar-refractivity contribution is 6.12. The molecule has 0 atom stereocenters. The zero-order valence-electron chi connectivity index (χ0n) is 18.0. The summed E-state index contributed by atoms with van der Waals surface area (Å²) in [6, 6.07) is 11.5. The van der Waals surface area contributed by atoms with E-state index in [2.05, 4.69) is 39.3 Å². The van der Waals surface area contributed by atoms with Gasteiger partial charge >= 0.3 is 0 Å². The predicted octanol–water partition coefficient (Wildman–Crippen LogP) is 3.99. The first-order valence-corrected chi connectivity index (χ1v) is 10.5. The van der Waals surface area contributed by atoms with Gasteiger partial charge in [0.15, 0.2) is 0 Å². The molecule has 0 aliphatic heterocycles. The first-order valence-electron chi connectivity index (χ1n) is 10.5. The summed E-state index contributed by atoms with van der Waals surface area (Å²) in [6.07, 6.45) is 3.51. The standard InChI is InChI=1S/C23H26N6O2/c1-4-28(5-2)11-12-29-15-18(14-24-29)25-22(30)19-13-20(17-9-7-6-8-10-17)26-23-21(19)16(3)27-31-23/h6-10,13-15H,4-5,11-12H2,1-3H3,(H,25,30). The van der Waals surface area contributed by atoms with Crippen molar-refractivity contribution in [2.45, 2.75) is 27.3 Å². The van der Waals surface area contributed by atoms with E-state index in [-0.39, 0.29) is 5.91 Å². The number of likely N-dealkylation sites (N-methyl/N-ethyl adjacent to an activating group) is 1. The summed E-state index contributed by atoms with van der Waals surface area (Å²) in [5.41, 5.74) is 3.64. The lowest BCUT2D eigenvalue weighted by Gasteiger charge is -2.17. The van der Waals surface area contributed by atoms with Crippen LogP contribution in [-0.4, -0.2) is 50.4 Å². The van der Waals surface area contributed by atoms with Crippen LogP contribution < -0.4 is 5.32 Å². The highest BCUT2D eigenvalue weighted by Gasteiger charge is 2.20. The molecule has 31 heavy (non-hydrogen) atoms. The van der Waals surface area contributed by atoms with E-state index < -0.39 is 0 Å². The van der Waals surface area contributed by atoms with E-state index >= 15 is 0 Å².